The minimum Gasteiger partial charge on any atom is -0.370 e. The first-order valence-electron chi connectivity index (χ1n) is 7.85. The van der Waals surface area contributed by atoms with Gasteiger partial charge >= 0.3 is 0 Å². The Balaban J connectivity index is 1.53. The molecule has 0 spiro atoms. The third kappa shape index (κ3) is 3.88. The minimum atomic E-state index is 0.613. The quantitative estimate of drug-likeness (QED) is 0.915. The van der Waals surface area contributed by atoms with E-state index in [0.29, 0.717) is 11.6 Å². The molecular weight excluding hydrogens is 262 g/mol. The number of piperidine rings is 1. The van der Waals surface area contributed by atoms with Crippen molar-refractivity contribution in [3.63, 3.8) is 0 Å². The van der Waals surface area contributed by atoms with Crippen LogP contribution in [0.4, 0.5) is 5.82 Å². The van der Waals surface area contributed by atoms with Gasteiger partial charge in [-0.15, -0.1) is 0 Å². The molecule has 0 bridgehead atoms. The highest BCUT2D eigenvalue weighted by Crippen LogP contribution is 2.13. The van der Waals surface area contributed by atoms with Gasteiger partial charge in [-0.3, -0.25) is 4.98 Å². The van der Waals surface area contributed by atoms with Crippen molar-refractivity contribution in [3.8, 4) is 0 Å². The molecule has 5 nitrogen and oxygen atoms in total. The highest BCUT2D eigenvalue weighted by atomic mass is 15.1. The summed E-state index contributed by atoms with van der Waals surface area (Å²) in [6.07, 6.45) is 7.47. The number of fused-ring (bicyclic) bond motifs is 1. The van der Waals surface area contributed by atoms with Gasteiger partial charge in [0.25, 0.3) is 0 Å². The van der Waals surface area contributed by atoms with E-state index >= 15 is 0 Å². The van der Waals surface area contributed by atoms with Gasteiger partial charge in [-0.2, -0.15) is 0 Å². The van der Waals surface area contributed by atoms with Crippen LogP contribution in [-0.4, -0.2) is 46.0 Å². The maximum Gasteiger partial charge on any atom is 0.180 e. The second-order valence-electron chi connectivity index (χ2n) is 5.94. The molecule has 21 heavy (non-hydrogen) atoms. The third-order valence-corrected chi connectivity index (χ3v) is 3.98. The van der Waals surface area contributed by atoms with Crippen LogP contribution in [0.15, 0.2) is 24.5 Å². The molecule has 1 saturated heterocycles. The van der Waals surface area contributed by atoms with Crippen molar-refractivity contribution in [3.05, 3.63) is 24.5 Å². The Hall–Kier alpha value is -1.75. The molecule has 1 fully saturated rings. The molecule has 3 heterocycles. The molecule has 2 aromatic rings. The van der Waals surface area contributed by atoms with Gasteiger partial charge < -0.3 is 10.2 Å². The number of hydrogen-bond acceptors (Lipinski definition) is 5. The zero-order valence-corrected chi connectivity index (χ0v) is 12.6. The van der Waals surface area contributed by atoms with E-state index in [-0.39, 0.29) is 0 Å². The van der Waals surface area contributed by atoms with Crippen LogP contribution >= 0.6 is 0 Å². The first-order valence-corrected chi connectivity index (χ1v) is 7.85. The number of nitrogens with zero attached hydrogens (tertiary/aromatic N) is 4. The van der Waals surface area contributed by atoms with Crippen LogP contribution in [0.1, 0.15) is 26.2 Å². The Bertz CT molecular complexity index is 580. The minimum absolute atomic E-state index is 0.613. The fraction of sp³-hybridized carbons (Fsp3) is 0.562. The van der Waals surface area contributed by atoms with Crippen molar-refractivity contribution in [2.75, 3.05) is 31.5 Å². The summed E-state index contributed by atoms with van der Waals surface area (Å²) >= 11 is 0. The van der Waals surface area contributed by atoms with E-state index < -0.39 is 0 Å². The summed E-state index contributed by atoms with van der Waals surface area (Å²) < 4.78 is 0. The van der Waals surface area contributed by atoms with Crippen LogP contribution in [0.2, 0.25) is 0 Å². The van der Waals surface area contributed by atoms with E-state index in [1.165, 1.54) is 38.9 Å². The van der Waals surface area contributed by atoms with Crippen molar-refractivity contribution in [1.29, 1.82) is 0 Å². The molecule has 0 aliphatic carbocycles. The normalized spacial score (nSPS) is 17.8. The largest absolute Gasteiger partial charge is 0.370 e. The average Bonchev–Trinajstić information content (AvgIpc) is 2.54. The van der Waals surface area contributed by atoms with Crippen LogP contribution in [0.5, 0.6) is 0 Å². The molecule has 112 valence electrons. The van der Waals surface area contributed by atoms with E-state index in [1.54, 1.807) is 12.4 Å². The van der Waals surface area contributed by atoms with Gasteiger partial charge in [0.2, 0.25) is 0 Å². The number of likely N-dealkylation sites (tertiary alicyclic amines) is 1. The predicted molar refractivity (Wildman–Crippen MR) is 85.3 cm³/mol. The molecular formula is C16H23N5. The van der Waals surface area contributed by atoms with Crippen molar-refractivity contribution >= 4 is 17.0 Å². The van der Waals surface area contributed by atoms with Gasteiger partial charge in [0, 0.05) is 25.5 Å². The Morgan fingerprint density at radius 1 is 1.14 bits per heavy atom. The van der Waals surface area contributed by atoms with Gasteiger partial charge in [0.15, 0.2) is 5.65 Å². The zero-order chi connectivity index (χ0) is 14.5. The van der Waals surface area contributed by atoms with Gasteiger partial charge in [0.05, 0.1) is 0 Å². The fourth-order valence-corrected chi connectivity index (χ4v) is 2.88. The molecule has 3 rings (SSSR count). The number of pyridine rings is 1. The van der Waals surface area contributed by atoms with Crippen molar-refractivity contribution < 1.29 is 0 Å². The Kier molecular flexibility index (Phi) is 4.60. The molecule has 5 heteroatoms. The second-order valence-corrected chi connectivity index (χ2v) is 5.94. The summed E-state index contributed by atoms with van der Waals surface area (Å²) in [5, 5.41) is 3.42. The zero-order valence-electron chi connectivity index (χ0n) is 12.6. The lowest BCUT2D eigenvalue weighted by Crippen LogP contribution is -2.35. The summed E-state index contributed by atoms with van der Waals surface area (Å²) in [6, 6.07) is 3.94. The Morgan fingerprint density at radius 3 is 2.81 bits per heavy atom. The van der Waals surface area contributed by atoms with Crippen LogP contribution in [0.3, 0.4) is 0 Å². The third-order valence-electron chi connectivity index (χ3n) is 3.98. The monoisotopic (exact) mass is 285 g/mol. The summed E-state index contributed by atoms with van der Waals surface area (Å²) in [5.41, 5.74) is 1.54. The summed E-state index contributed by atoms with van der Waals surface area (Å²) in [5.74, 6) is 1.50. The number of hydrogen-bond donors (Lipinski definition) is 1. The molecule has 0 amide bonds. The van der Waals surface area contributed by atoms with Gasteiger partial charge in [-0.1, -0.05) is 13.3 Å². The number of anilines is 1. The van der Waals surface area contributed by atoms with Gasteiger partial charge in [0.1, 0.15) is 11.3 Å². The number of nitrogens with one attached hydrogen (secondary N) is 1. The molecule has 2 aromatic heterocycles. The first-order chi connectivity index (χ1) is 10.3. The van der Waals surface area contributed by atoms with E-state index in [4.69, 9.17) is 0 Å². The van der Waals surface area contributed by atoms with E-state index in [1.807, 2.05) is 12.1 Å². The standard InChI is InChI=1S/C16H23N5/c1-13(12-21-9-3-2-4-10-21)11-19-15-6-5-14-16(20-15)18-8-7-17-14/h5-8,13H,2-4,9-12H2,1H3,(H,18,19,20). The van der Waals surface area contributed by atoms with Crippen LogP contribution in [-0.2, 0) is 0 Å². The predicted octanol–water partition coefficient (Wildman–Crippen LogP) is 2.56. The highest BCUT2D eigenvalue weighted by Gasteiger charge is 2.13. The molecule has 1 N–H and O–H groups in total. The maximum atomic E-state index is 4.50. The molecule has 0 aromatic carbocycles. The van der Waals surface area contributed by atoms with Crippen molar-refractivity contribution in [1.82, 2.24) is 19.9 Å². The molecule has 1 unspecified atom stereocenters. The van der Waals surface area contributed by atoms with Gasteiger partial charge in [-0.05, 0) is 44.0 Å². The smallest absolute Gasteiger partial charge is 0.180 e. The lowest BCUT2D eigenvalue weighted by molar-refractivity contribution is 0.204. The topological polar surface area (TPSA) is 53.9 Å². The van der Waals surface area contributed by atoms with Crippen LogP contribution in [0.25, 0.3) is 11.2 Å². The Labute approximate surface area is 125 Å². The summed E-state index contributed by atoms with van der Waals surface area (Å²) in [7, 11) is 0. The average molecular weight is 285 g/mol. The molecule has 1 atom stereocenters. The maximum absolute atomic E-state index is 4.50. The summed E-state index contributed by atoms with van der Waals surface area (Å²) in [4.78, 5) is 15.6. The van der Waals surface area contributed by atoms with Crippen LogP contribution < -0.4 is 5.32 Å². The lowest BCUT2D eigenvalue weighted by Gasteiger charge is -2.29. The number of rotatable bonds is 5. The first kappa shape index (κ1) is 14.2. The highest BCUT2D eigenvalue weighted by molar-refractivity contribution is 5.71. The second kappa shape index (κ2) is 6.80. The molecule has 0 saturated carbocycles. The van der Waals surface area contributed by atoms with E-state index in [9.17, 15) is 0 Å². The van der Waals surface area contributed by atoms with Gasteiger partial charge in [-0.25, -0.2) is 9.97 Å². The lowest BCUT2D eigenvalue weighted by atomic mass is 10.1. The Morgan fingerprint density at radius 2 is 1.95 bits per heavy atom. The molecule has 0 radical (unpaired) electrons. The summed E-state index contributed by atoms with van der Waals surface area (Å²) in [6.45, 7) is 6.92. The number of aromatic nitrogens is 3. The fourth-order valence-electron chi connectivity index (χ4n) is 2.88. The van der Waals surface area contributed by atoms with E-state index in [2.05, 4.69) is 32.1 Å². The van der Waals surface area contributed by atoms with Crippen molar-refractivity contribution in [2.45, 2.75) is 26.2 Å². The SMILES string of the molecule is CC(CNc1ccc2nccnc2n1)CN1CCCCC1. The van der Waals surface area contributed by atoms with Crippen LogP contribution in [0, 0.1) is 5.92 Å². The molecule has 1 aliphatic rings. The van der Waals surface area contributed by atoms with Crippen molar-refractivity contribution in [2.24, 2.45) is 5.92 Å². The molecule has 1 aliphatic heterocycles. The van der Waals surface area contributed by atoms with E-state index in [0.717, 1.165) is 17.9 Å².